The molecule has 2 rings (SSSR count). The van der Waals surface area contributed by atoms with Crippen LogP contribution in [0.3, 0.4) is 0 Å². The Balaban J connectivity index is 2.51. The molecule has 0 N–H and O–H groups in total. The van der Waals surface area contributed by atoms with Gasteiger partial charge >= 0.3 is 0 Å². The molecule has 0 spiro atoms. The number of aryl methyl sites for hydroxylation is 1. The fraction of sp³-hybridized carbons (Fsp3) is 0.182. The van der Waals surface area contributed by atoms with Crippen molar-refractivity contribution in [3.05, 3.63) is 41.5 Å². The lowest BCUT2D eigenvalue weighted by Gasteiger charge is -2.01. The van der Waals surface area contributed by atoms with Crippen LogP contribution in [0.2, 0.25) is 0 Å². The molecule has 1 aromatic heterocycles. The van der Waals surface area contributed by atoms with E-state index in [0.29, 0.717) is 29.8 Å². The van der Waals surface area contributed by atoms with Crippen LogP contribution in [-0.2, 0) is 6.42 Å². The highest BCUT2D eigenvalue weighted by molar-refractivity contribution is 5.74. The van der Waals surface area contributed by atoms with Crippen LogP contribution in [0.1, 0.15) is 23.1 Å². The van der Waals surface area contributed by atoms with E-state index in [1.807, 2.05) is 6.92 Å². The zero-order chi connectivity index (χ0) is 11.5. The third-order valence-corrected chi connectivity index (χ3v) is 2.30. The molecule has 1 heterocycles. The van der Waals surface area contributed by atoms with E-state index in [4.69, 9.17) is 0 Å². The number of carbonyl (C=O) groups excluding carboxylic acids is 1. The number of hydrogen-bond acceptors (Lipinski definition) is 3. The number of rotatable bonds is 3. The number of carbonyl (C=O) groups is 1. The van der Waals surface area contributed by atoms with E-state index in [1.54, 1.807) is 12.1 Å². The summed E-state index contributed by atoms with van der Waals surface area (Å²) in [4.78, 5) is 10.9. The van der Waals surface area contributed by atoms with E-state index in [9.17, 15) is 9.18 Å². The summed E-state index contributed by atoms with van der Waals surface area (Å²) in [5.41, 5.74) is 1.67. The summed E-state index contributed by atoms with van der Waals surface area (Å²) in [7, 11) is 0. The molecule has 0 saturated heterocycles. The van der Waals surface area contributed by atoms with Gasteiger partial charge in [0.15, 0.2) is 6.29 Å². The Hall–Kier alpha value is -2.04. The van der Waals surface area contributed by atoms with Crippen LogP contribution in [-0.4, -0.2) is 21.3 Å². The van der Waals surface area contributed by atoms with E-state index in [2.05, 4.69) is 10.3 Å². The molecule has 1 aromatic carbocycles. The van der Waals surface area contributed by atoms with Gasteiger partial charge in [0.25, 0.3) is 0 Å². The first-order valence-corrected chi connectivity index (χ1v) is 4.92. The SMILES string of the molecule is CCc1nnn(-c2ccc(F)cc2)c1C=O. The summed E-state index contributed by atoms with van der Waals surface area (Å²) >= 11 is 0. The van der Waals surface area contributed by atoms with Crippen molar-refractivity contribution < 1.29 is 9.18 Å². The number of halogens is 1. The molecular weight excluding hydrogens is 209 g/mol. The van der Waals surface area contributed by atoms with Gasteiger partial charge < -0.3 is 0 Å². The molecule has 82 valence electrons. The molecule has 0 fully saturated rings. The normalized spacial score (nSPS) is 10.4. The van der Waals surface area contributed by atoms with Crippen molar-refractivity contribution in [2.24, 2.45) is 0 Å². The number of nitrogens with zero attached hydrogens (tertiary/aromatic N) is 3. The molecule has 0 unspecified atom stereocenters. The van der Waals surface area contributed by atoms with Gasteiger partial charge in [-0.3, -0.25) is 4.79 Å². The van der Waals surface area contributed by atoms with Crippen molar-refractivity contribution in [1.29, 1.82) is 0 Å². The molecular formula is C11H10FN3O. The zero-order valence-corrected chi connectivity index (χ0v) is 8.72. The Morgan fingerprint density at radius 3 is 2.62 bits per heavy atom. The Labute approximate surface area is 91.7 Å². The van der Waals surface area contributed by atoms with Crippen molar-refractivity contribution in [2.45, 2.75) is 13.3 Å². The second-order valence-corrected chi connectivity index (χ2v) is 3.28. The maximum absolute atomic E-state index is 12.7. The molecule has 0 saturated carbocycles. The monoisotopic (exact) mass is 219 g/mol. The standard InChI is InChI=1S/C11H10FN3O/c1-2-10-11(7-16)15(14-13-10)9-5-3-8(12)4-6-9/h3-7H,2H2,1H3. The lowest BCUT2D eigenvalue weighted by Crippen LogP contribution is -2.02. The van der Waals surface area contributed by atoms with Crippen LogP contribution in [0.5, 0.6) is 0 Å². The second-order valence-electron chi connectivity index (χ2n) is 3.28. The first-order valence-electron chi connectivity index (χ1n) is 4.92. The minimum absolute atomic E-state index is 0.327. The molecule has 0 aliphatic heterocycles. The van der Waals surface area contributed by atoms with Crippen LogP contribution < -0.4 is 0 Å². The maximum Gasteiger partial charge on any atom is 0.170 e. The molecule has 0 amide bonds. The Morgan fingerprint density at radius 2 is 2.06 bits per heavy atom. The summed E-state index contributed by atoms with van der Waals surface area (Å²) < 4.78 is 14.1. The summed E-state index contributed by atoms with van der Waals surface area (Å²) in [5.74, 6) is -0.327. The van der Waals surface area contributed by atoms with Gasteiger partial charge in [0.1, 0.15) is 11.5 Å². The fourth-order valence-corrected chi connectivity index (χ4v) is 1.46. The predicted molar refractivity (Wildman–Crippen MR) is 56.1 cm³/mol. The molecule has 16 heavy (non-hydrogen) atoms. The van der Waals surface area contributed by atoms with Gasteiger partial charge in [-0.1, -0.05) is 12.1 Å². The lowest BCUT2D eigenvalue weighted by atomic mass is 10.2. The van der Waals surface area contributed by atoms with Crippen LogP contribution in [0.15, 0.2) is 24.3 Å². The van der Waals surface area contributed by atoms with Crippen molar-refractivity contribution in [3.63, 3.8) is 0 Å². The van der Waals surface area contributed by atoms with Gasteiger partial charge in [0.2, 0.25) is 0 Å². The number of hydrogen-bond donors (Lipinski definition) is 0. The van der Waals surface area contributed by atoms with Gasteiger partial charge in [-0.2, -0.15) is 0 Å². The largest absolute Gasteiger partial charge is 0.296 e. The van der Waals surface area contributed by atoms with Crippen LogP contribution in [0, 0.1) is 5.82 Å². The van der Waals surface area contributed by atoms with E-state index < -0.39 is 0 Å². The Kier molecular flexibility index (Phi) is 2.76. The molecule has 0 aliphatic carbocycles. The van der Waals surface area contributed by atoms with Crippen molar-refractivity contribution in [3.8, 4) is 5.69 Å². The number of aldehydes is 1. The predicted octanol–water partition coefficient (Wildman–Crippen LogP) is 1.78. The molecule has 0 bridgehead atoms. The highest BCUT2D eigenvalue weighted by Crippen LogP contribution is 2.12. The van der Waals surface area contributed by atoms with Crippen LogP contribution in [0.25, 0.3) is 5.69 Å². The first-order chi connectivity index (χ1) is 7.76. The van der Waals surface area contributed by atoms with Gasteiger partial charge in [-0.05, 0) is 30.7 Å². The average molecular weight is 219 g/mol. The van der Waals surface area contributed by atoms with Crippen LogP contribution >= 0.6 is 0 Å². The van der Waals surface area contributed by atoms with E-state index in [-0.39, 0.29) is 5.82 Å². The highest BCUT2D eigenvalue weighted by Gasteiger charge is 2.11. The Bertz CT molecular complexity index is 504. The summed E-state index contributed by atoms with van der Waals surface area (Å²) in [6.45, 7) is 1.89. The van der Waals surface area contributed by atoms with Crippen molar-refractivity contribution in [1.82, 2.24) is 15.0 Å². The summed E-state index contributed by atoms with van der Waals surface area (Å²) in [5, 5.41) is 7.76. The fourth-order valence-electron chi connectivity index (χ4n) is 1.46. The molecule has 2 aromatic rings. The third kappa shape index (κ3) is 1.71. The Morgan fingerprint density at radius 1 is 1.38 bits per heavy atom. The van der Waals surface area contributed by atoms with Gasteiger partial charge in [-0.25, -0.2) is 9.07 Å². The summed E-state index contributed by atoms with van der Waals surface area (Å²) in [6, 6.07) is 5.74. The zero-order valence-electron chi connectivity index (χ0n) is 8.72. The smallest absolute Gasteiger partial charge is 0.170 e. The maximum atomic E-state index is 12.7. The number of aromatic nitrogens is 3. The lowest BCUT2D eigenvalue weighted by molar-refractivity contribution is 0.111. The minimum Gasteiger partial charge on any atom is -0.296 e. The van der Waals surface area contributed by atoms with Gasteiger partial charge in [0.05, 0.1) is 11.4 Å². The third-order valence-electron chi connectivity index (χ3n) is 2.30. The number of benzene rings is 1. The molecule has 0 atom stereocenters. The van der Waals surface area contributed by atoms with Gasteiger partial charge in [0, 0.05) is 0 Å². The quantitative estimate of drug-likeness (QED) is 0.739. The average Bonchev–Trinajstić information content (AvgIpc) is 2.72. The highest BCUT2D eigenvalue weighted by atomic mass is 19.1. The molecule has 0 radical (unpaired) electrons. The molecule has 5 heteroatoms. The van der Waals surface area contributed by atoms with E-state index in [0.717, 1.165) is 0 Å². The van der Waals surface area contributed by atoms with E-state index >= 15 is 0 Å². The minimum atomic E-state index is -0.327. The van der Waals surface area contributed by atoms with Crippen molar-refractivity contribution in [2.75, 3.05) is 0 Å². The molecule has 0 aliphatic rings. The van der Waals surface area contributed by atoms with Crippen molar-refractivity contribution >= 4 is 6.29 Å². The first kappa shape index (κ1) is 10.5. The van der Waals surface area contributed by atoms with Crippen LogP contribution in [0.4, 0.5) is 4.39 Å². The molecule has 4 nitrogen and oxygen atoms in total. The van der Waals surface area contributed by atoms with E-state index in [1.165, 1.54) is 16.8 Å². The summed E-state index contributed by atoms with van der Waals surface area (Å²) in [6.07, 6.45) is 1.34. The van der Waals surface area contributed by atoms with Gasteiger partial charge in [-0.15, -0.1) is 5.10 Å². The second kappa shape index (κ2) is 4.22. The topological polar surface area (TPSA) is 47.8 Å².